The van der Waals surface area contributed by atoms with Crippen LogP contribution in [0.5, 0.6) is 5.75 Å². The van der Waals surface area contributed by atoms with Crippen LogP contribution in [-0.2, 0) is 6.42 Å². The fourth-order valence-electron chi connectivity index (χ4n) is 2.49. The zero-order valence-corrected chi connectivity index (χ0v) is 13.5. The molecule has 25 heavy (non-hydrogen) atoms. The van der Waals surface area contributed by atoms with E-state index in [4.69, 9.17) is 4.74 Å². The smallest absolute Gasteiger partial charge is 0.270 e. The Bertz CT molecular complexity index is 902. The number of pyridine rings is 1. The van der Waals surface area contributed by atoms with E-state index in [-0.39, 0.29) is 17.0 Å². The van der Waals surface area contributed by atoms with Crippen LogP contribution in [0.2, 0.25) is 0 Å². The van der Waals surface area contributed by atoms with Crippen LogP contribution in [0.15, 0.2) is 48.8 Å². The first-order valence-electron chi connectivity index (χ1n) is 7.61. The fraction of sp³-hybridized carbons (Fsp3) is 0.176. The Kier molecular flexibility index (Phi) is 4.60. The average Bonchev–Trinajstić information content (AvgIpc) is 3.03. The minimum Gasteiger partial charge on any atom is -0.496 e. The Morgan fingerprint density at radius 2 is 2.20 bits per heavy atom. The van der Waals surface area contributed by atoms with Crippen molar-refractivity contribution >= 4 is 17.2 Å². The van der Waals surface area contributed by atoms with E-state index in [9.17, 15) is 14.9 Å². The molecule has 8 heteroatoms. The third kappa shape index (κ3) is 3.57. The molecule has 0 fully saturated rings. The molecule has 1 N–H and O–H groups in total. The SMILES string of the molecule is COc1ccc([N+](=O)[O-])cc1C(=O)NCCc1cn2ccccc2n1. The first-order chi connectivity index (χ1) is 12.1. The Hall–Kier alpha value is -3.42. The van der Waals surface area contributed by atoms with Crippen LogP contribution in [0.3, 0.4) is 0 Å². The first kappa shape index (κ1) is 16.4. The summed E-state index contributed by atoms with van der Waals surface area (Å²) in [5, 5.41) is 13.6. The molecule has 0 spiro atoms. The van der Waals surface area contributed by atoms with Crippen molar-refractivity contribution in [2.45, 2.75) is 6.42 Å². The highest BCUT2D eigenvalue weighted by atomic mass is 16.6. The zero-order chi connectivity index (χ0) is 17.8. The van der Waals surface area contributed by atoms with Gasteiger partial charge in [0.1, 0.15) is 11.4 Å². The van der Waals surface area contributed by atoms with E-state index >= 15 is 0 Å². The fourth-order valence-corrected chi connectivity index (χ4v) is 2.49. The van der Waals surface area contributed by atoms with Crippen molar-refractivity contribution in [3.05, 3.63) is 70.2 Å². The van der Waals surface area contributed by atoms with E-state index in [1.54, 1.807) is 0 Å². The molecule has 2 aromatic heterocycles. The standard InChI is InChI=1S/C17H16N4O4/c1-25-15-6-5-13(21(23)24)10-14(15)17(22)18-8-7-12-11-20-9-3-2-4-16(20)19-12/h2-6,9-11H,7-8H2,1H3,(H,18,22). The van der Waals surface area contributed by atoms with E-state index < -0.39 is 10.8 Å². The number of carbonyl (C=O) groups is 1. The lowest BCUT2D eigenvalue weighted by molar-refractivity contribution is -0.384. The zero-order valence-electron chi connectivity index (χ0n) is 13.5. The van der Waals surface area contributed by atoms with Crippen molar-refractivity contribution in [2.24, 2.45) is 0 Å². The Labute approximate surface area is 143 Å². The number of aromatic nitrogens is 2. The summed E-state index contributed by atoms with van der Waals surface area (Å²) in [6, 6.07) is 9.63. The largest absolute Gasteiger partial charge is 0.496 e. The van der Waals surface area contributed by atoms with Crippen LogP contribution >= 0.6 is 0 Å². The Morgan fingerprint density at radius 1 is 1.36 bits per heavy atom. The third-order valence-electron chi connectivity index (χ3n) is 3.72. The number of imidazole rings is 1. The molecule has 1 aromatic carbocycles. The topological polar surface area (TPSA) is 98.8 Å². The van der Waals surface area contributed by atoms with E-state index in [0.29, 0.717) is 13.0 Å². The van der Waals surface area contributed by atoms with Gasteiger partial charge in [-0.05, 0) is 18.2 Å². The lowest BCUT2D eigenvalue weighted by Gasteiger charge is -2.08. The number of non-ortho nitro benzene ring substituents is 1. The van der Waals surface area contributed by atoms with Crippen LogP contribution in [0.4, 0.5) is 5.69 Å². The van der Waals surface area contributed by atoms with E-state index in [1.807, 2.05) is 35.0 Å². The summed E-state index contributed by atoms with van der Waals surface area (Å²) in [4.78, 5) is 27.1. The van der Waals surface area contributed by atoms with Gasteiger partial charge in [-0.1, -0.05) is 6.07 Å². The molecule has 0 aliphatic rings. The van der Waals surface area contributed by atoms with Crippen molar-refractivity contribution in [1.29, 1.82) is 0 Å². The van der Waals surface area contributed by atoms with Crippen LogP contribution in [-0.4, -0.2) is 33.9 Å². The van der Waals surface area contributed by atoms with Crippen molar-refractivity contribution in [3.8, 4) is 5.75 Å². The van der Waals surface area contributed by atoms with Crippen molar-refractivity contribution in [2.75, 3.05) is 13.7 Å². The summed E-state index contributed by atoms with van der Waals surface area (Å²) in [6.45, 7) is 0.356. The number of nitrogens with zero attached hydrogens (tertiary/aromatic N) is 3. The number of fused-ring (bicyclic) bond motifs is 1. The summed E-state index contributed by atoms with van der Waals surface area (Å²) >= 11 is 0. The summed E-state index contributed by atoms with van der Waals surface area (Å²) in [5.74, 6) is -0.139. The minimum absolute atomic E-state index is 0.131. The number of ether oxygens (including phenoxy) is 1. The van der Waals surface area contributed by atoms with Crippen LogP contribution in [0, 0.1) is 10.1 Å². The number of nitro groups is 1. The van der Waals surface area contributed by atoms with E-state index in [0.717, 1.165) is 11.3 Å². The highest BCUT2D eigenvalue weighted by Crippen LogP contribution is 2.23. The molecular weight excluding hydrogens is 324 g/mol. The molecular formula is C17H16N4O4. The van der Waals surface area contributed by atoms with Crippen molar-refractivity contribution in [1.82, 2.24) is 14.7 Å². The lowest BCUT2D eigenvalue weighted by Crippen LogP contribution is -2.26. The third-order valence-corrected chi connectivity index (χ3v) is 3.72. The van der Waals surface area contributed by atoms with Gasteiger partial charge in [-0.2, -0.15) is 0 Å². The maximum Gasteiger partial charge on any atom is 0.270 e. The molecule has 0 aliphatic carbocycles. The number of benzene rings is 1. The average molecular weight is 340 g/mol. The van der Waals surface area contributed by atoms with Crippen molar-refractivity contribution in [3.63, 3.8) is 0 Å². The second kappa shape index (κ2) is 7.00. The van der Waals surface area contributed by atoms with Gasteiger partial charge < -0.3 is 14.5 Å². The van der Waals surface area contributed by atoms with Gasteiger partial charge >= 0.3 is 0 Å². The predicted molar refractivity (Wildman–Crippen MR) is 90.9 cm³/mol. The maximum atomic E-state index is 12.3. The van der Waals surface area contributed by atoms with Gasteiger partial charge in [0.05, 0.1) is 23.3 Å². The first-order valence-corrected chi connectivity index (χ1v) is 7.61. The molecule has 3 aromatic rings. The molecule has 2 heterocycles. The summed E-state index contributed by atoms with van der Waals surface area (Å²) in [7, 11) is 1.41. The highest BCUT2D eigenvalue weighted by molar-refractivity contribution is 5.97. The number of hydrogen-bond donors (Lipinski definition) is 1. The minimum atomic E-state index is -0.549. The molecule has 3 rings (SSSR count). The van der Waals surface area contributed by atoms with Crippen LogP contribution < -0.4 is 10.1 Å². The quantitative estimate of drug-likeness (QED) is 0.548. The number of carbonyl (C=O) groups excluding carboxylic acids is 1. The normalized spacial score (nSPS) is 10.6. The monoisotopic (exact) mass is 340 g/mol. The van der Waals surface area contributed by atoms with Gasteiger partial charge in [-0.15, -0.1) is 0 Å². The molecule has 0 radical (unpaired) electrons. The molecule has 0 bridgehead atoms. The Balaban J connectivity index is 1.67. The van der Waals surface area contributed by atoms with Crippen LogP contribution in [0.1, 0.15) is 16.1 Å². The van der Waals surface area contributed by atoms with Gasteiger partial charge in [-0.3, -0.25) is 14.9 Å². The number of amides is 1. The highest BCUT2D eigenvalue weighted by Gasteiger charge is 2.17. The summed E-state index contributed by atoms with van der Waals surface area (Å²) < 4.78 is 7.01. The van der Waals surface area contributed by atoms with Gasteiger partial charge in [0.2, 0.25) is 0 Å². The maximum absolute atomic E-state index is 12.3. The van der Waals surface area contributed by atoms with Gasteiger partial charge in [-0.25, -0.2) is 4.98 Å². The molecule has 0 unspecified atom stereocenters. The van der Waals surface area contributed by atoms with Crippen LogP contribution in [0.25, 0.3) is 5.65 Å². The molecule has 128 valence electrons. The molecule has 0 saturated carbocycles. The van der Waals surface area contributed by atoms with E-state index in [1.165, 1.54) is 25.3 Å². The number of methoxy groups -OCH3 is 1. The Morgan fingerprint density at radius 3 is 2.92 bits per heavy atom. The molecule has 0 saturated heterocycles. The second-order valence-corrected chi connectivity index (χ2v) is 5.35. The predicted octanol–water partition coefficient (Wildman–Crippen LogP) is 2.22. The summed E-state index contributed by atoms with van der Waals surface area (Å²) in [6.07, 6.45) is 4.35. The van der Waals surface area contributed by atoms with Gasteiger partial charge in [0.25, 0.3) is 11.6 Å². The lowest BCUT2D eigenvalue weighted by atomic mass is 10.1. The molecule has 0 atom stereocenters. The summed E-state index contributed by atoms with van der Waals surface area (Å²) in [5.41, 5.74) is 1.65. The molecule has 0 aliphatic heterocycles. The number of nitrogens with one attached hydrogen (secondary N) is 1. The van der Waals surface area contributed by atoms with Crippen molar-refractivity contribution < 1.29 is 14.5 Å². The number of hydrogen-bond acceptors (Lipinski definition) is 5. The molecule has 1 amide bonds. The van der Waals surface area contributed by atoms with Gasteiger partial charge in [0, 0.05) is 37.5 Å². The second-order valence-electron chi connectivity index (χ2n) is 5.35. The van der Waals surface area contributed by atoms with Gasteiger partial charge in [0.15, 0.2) is 0 Å². The number of rotatable bonds is 6. The molecule has 8 nitrogen and oxygen atoms in total. The van der Waals surface area contributed by atoms with E-state index in [2.05, 4.69) is 10.3 Å². The number of nitro benzene ring substituents is 1.